The van der Waals surface area contributed by atoms with Crippen LogP contribution >= 0.6 is 0 Å². The van der Waals surface area contributed by atoms with Gasteiger partial charge in [-0.2, -0.15) is 0 Å². The number of methoxy groups -OCH3 is 2. The SMILES string of the molecule is CO/C=C/CC/C=C/OC. The Hall–Kier alpha value is -0.920. The molecule has 0 unspecified atom stereocenters. The van der Waals surface area contributed by atoms with E-state index in [-0.39, 0.29) is 0 Å². The minimum Gasteiger partial charge on any atom is -0.505 e. The Morgan fingerprint density at radius 3 is 1.60 bits per heavy atom. The van der Waals surface area contributed by atoms with Crippen LogP contribution in [0.15, 0.2) is 24.7 Å². The zero-order valence-corrected chi connectivity index (χ0v) is 6.54. The maximum atomic E-state index is 4.71. The van der Waals surface area contributed by atoms with Crippen molar-refractivity contribution in [2.45, 2.75) is 12.8 Å². The molecular formula is C8H14O2. The summed E-state index contributed by atoms with van der Waals surface area (Å²) >= 11 is 0. The number of hydrogen-bond acceptors (Lipinski definition) is 2. The van der Waals surface area contributed by atoms with Crippen LogP contribution < -0.4 is 0 Å². The van der Waals surface area contributed by atoms with Crippen LogP contribution in [0, 0.1) is 0 Å². The van der Waals surface area contributed by atoms with Gasteiger partial charge in [0.1, 0.15) is 0 Å². The van der Waals surface area contributed by atoms with E-state index in [2.05, 4.69) is 0 Å². The lowest BCUT2D eigenvalue weighted by Gasteiger charge is -1.87. The zero-order chi connectivity index (χ0) is 7.66. The van der Waals surface area contributed by atoms with E-state index in [0.29, 0.717) is 0 Å². The van der Waals surface area contributed by atoms with Gasteiger partial charge in [-0.05, 0) is 25.0 Å². The van der Waals surface area contributed by atoms with Crippen molar-refractivity contribution in [3.8, 4) is 0 Å². The van der Waals surface area contributed by atoms with Gasteiger partial charge >= 0.3 is 0 Å². The van der Waals surface area contributed by atoms with E-state index < -0.39 is 0 Å². The Balaban J connectivity index is 3.04. The third-order valence-corrected chi connectivity index (χ3v) is 0.965. The largest absolute Gasteiger partial charge is 0.505 e. The lowest BCUT2D eigenvalue weighted by Crippen LogP contribution is -1.69. The summed E-state index contributed by atoms with van der Waals surface area (Å²) in [4.78, 5) is 0. The average molecular weight is 142 g/mol. The number of rotatable bonds is 5. The highest BCUT2D eigenvalue weighted by molar-refractivity contribution is 4.80. The molecule has 0 heterocycles. The van der Waals surface area contributed by atoms with Crippen LogP contribution in [0.2, 0.25) is 0 Å². The Bertz CT molecular complexity index is 91.8. The minimum absolute atomic E-state index is 0.994. The fraction of sp³-hybridized carbons (Fsp3) is 0.500. The summed E-state index contributed by atoms with van der Waals surface area (Å²) in [5.41, 5.74) is 0. The molecule has 0 aromatic rings. The first kappa shape index (κ1) is 9.08. The lowest BCUT2D eigenvalue weighted by atomic mass is 10.3. The van der Waals surface area contributed by atoms with Crippen LogP contribution in [0.3, 0.4) is 0 Å². The molecule has 0 radical (unpaired) electrons. The van der Waals surface area contributed by atoms with Gasteiger partial charge in [-0.3, -0.25) is 0 Å². The van der Waals surface area contributed by atoms with Gasteiger partial charge in [0.15, 0.2) is 0 Å². The van der Waals surface area contributed by atoms with E-state index in [1.165, 1.54) is 0 Å². The van der Waals surface area contributed by atoms with Crippen LogP contribution in [0.1, 0.15) is 12.8 Å². The molecule has 0 rings (SSSR count). The van der Waals surface area contributed by atoms with Crippen LogP contribution in [-0.4, -0.2) is 14.2 Å². The molecule has 0 aromatic heterocycles. The predicted molar refractivity (Wildman–Crippen MR) is 41.5 cm³/mol. The molecular weight excluding hydrogens is 128 g/mol. The molecule has 10 heavy (non-hydrogen) atoms. The van der Waals surface area contributed by atoms with Gasteiger partial charge in [0, 0.05) is 0 Å². The first-order valence-corrected chi connectivity index (χ1v) is 3.27. The van der Waals surface area contributed by atoms with Crippen molar-refractivity contribution in [1.82, 2.24) is 0 Å². The van der Waals surface area contributed by atoms with Crippen molar-refractivity contribution in [2.75, 3.05) is 14.2 Å². The van der Waals surface area contributed by atoms with Crippen LogP contribution in [0.4, 0.5) is 0 Å². The van der Waals surface area contributed by atoms with E-state index in [9.17, 15) is 0 Å². The first-order chi connectivity index (χ1) is 4.91. The van der Waals surface area contributed by atoms with Gasteiger partial charge < -0.3 is 9.47 Å². The number of unbranched alkanes of at least 4 members (excludes halogenated alkanes) is 1. The molecule has 0 amide bonds. The maximum Gasteiger partial charge on any atom is 0.0784 e. The highest BCUT2D eigenvalue weighted by Gasteiger charge is 1.74. The van der Waals surface area contributed by atoms with Gasteiger partial charge in [0.2, 0.25) is 0 Å². The van der Waals surface area contributed by atoms with Crippen LogP contribution in [0.5, 0.6) is 0 Å². The quantitative estimate of drug-likeness (QED) is 0.432. The number of hydrogen-bond donors (Lipinski definition) is 0. The monoisotopic (exact) mass is 142 g/mol. The third kappa shape index (κ3) is 7.08. The summed E-state index contributed by atoms with van der Waals surface area (Å²) in [5.74, 6) is 0. The van der Waals surface area contributed by atoms with Gasteiger partial charge in [0.05, 0.1) is 26.7 Å². The zero-order valence-electron chi connectivity index (χ0n) is 6.54. The fourth-order valence-electron chi connectivity index (χ4n) is 0.521. The summed E-state index contributed by atoms with van der Waals surface area (Å²) in [6.45, 7) is 0. The Labute approximate surface area is 62.1 Å². The Kier molecular flexibility index (Phi) is 7.34. The molecule has 0 bridgehead atoms. The lowest BCUT2D eigenvalue weighted by molar-refractivity contribution is 0.334. The summed E-state index contributed by atoms with van der Waals surface area (Å²) in [7, 11) is 3.28. The maximum absolute atomic E-state index is 4.71. The second-order valence-electron chi connectivity index (χ2n) is 1.79. The summed E-state index contributed by atoms with van der Waals surface area (Å²) in [5, 5.41) is 0. The minimum atomic E-state index is 0.994. The topological polar surface area (TPSA) is 18.5 Å². The molecule has 0 saturated heterocycles. The van der Waals surface area contributed by atoms with E-state index in [4.69, 9.17) is 9.47 Å². The van der Waals surface area contributed by atoms with Crippen molar-refractivity contribution in [1.29, 1.82) is 0 Å². The van der Waals surface area contributed by atoms with Crippen molar-refractivity contribution in [3.05, 3.63) is 24.7 Å². The van der Waals surface area contributed by atoms with Gasteiger partial charge in [-0.1, -0.05) is 0 Å². The molecule has 0 atom stereocenters. The second-order valence-corrected chi connectivity index (χ2v) is 1.79. The molecule has 0 aliphatic heterocycles. The average Bonchev–Trinajstić information content (AvgIpc) is 1.97. The highest BCUT2D eigenvalue weighted by atomic mass is 16.5. The molecule has 2 heteroatoms. The molecule has 0 aliphatic rings. The summed E-state index contributed by atoms with van der Waals surface area (Å²) in [6, 6.07) is 0. The fourth-order valence-corrected chi connectivity index (χ4v) is 0.521. The molecule has 0 fully saturated rings. The van der Waals surface area contributed by atoms with Crippen molar-refractivity contribution >= 4 is 0 Å². The summed E-state index contributed by atoms with van der Waals surface area (Å²) < 4.78 is 9.42. The number of ether oxygens (including phenoxy) is 2. The Morgan fingerprint density at radius 1 is 0.900 bits per heavy atom. The standard InChI is InChI=1S/C8H14O2/c1-9-7-5-3-4-6-8-10-2/h5-8H,3-4H2,1-2H3/b7-5+,8-6+. The molecule has 0 aromatic carbocycles. The highest BCUT2D eigenvalue weighted by Crippen LogP contribution is 1.92. The van der Waals surface area contributed by atoms with E-state index in [0.717, 1.165) is 12.8 Å². The van der Waals surface area contributed by atoms with Crippen LogP contribution in [-0.2, 0) is 9.47 Å². The second kappa shape index (κ2) is 8.08. The smallest absolute Gasteiger partial charge is 0.0784 e. The molecule has 0 aliphatic carbocycles. The van der Waals surface area contributed by atoms with E-state index in [1.54, 1.807) is 26.7 Å². The van der Waals surface area contributed by atoms with Crippen molar-refractivity contribution in [3.63, 3.8) is 0 Å². The molecule has 0 spiro atoms. The van der Waals surface area contributed by atoms with Crippen molar-refractivity contribution < 1.29 is 9.47 Å². The van der Waals surface area contributed by atoms with E-state index >= 15 is 0 Å². The molecule has 0 saturated carbocycles. The van der Waals surface area contributed by atoms with Crippen LogP contribution in [0.25, 0.3) is 0 Å². The molecule has 58 valence electrons. The predicted octanol–water partition coefficient (Wildman–Crippen LogP) is 2.09. The van der Waals surface area contributed by atoms with Gasteiger partial charge in [0.25, 0.3) is 0 Å². The van der Waals surface area contributed by atoms with E-state index in [1.807, 2.05) is 12.2 Å². The third-order valence-electron chi connectivity index (χ3n) is 0.965. The summed E-state index contributed by atoms with van der Waals surface area (Å²) in [6.07, 6.45) is 9.29. The number of allylic oxidation sites excluding steroid dienone is 2. The normalized spacial score (nSPS) is 11.0. The van der Waals surface area contributed by atoms with Gasteiger partial charge in [-0.15, -0.1) is 0 Å². The molecule has 0 N–H and O–H groups in total. The first-order valence-electron chi connectivity index (χ1n) is 3.27. The van der Waals surface area contributed by atoms with Crippen molar-refractivity contribution in [2.24, 2.45) is 0 Å². The Morgan fingerprint density at radius 2 is 1.30 bits per heavy atom. The molecule has 2 nitrogen and oxygen atoms in total. The van der Waals surface area contributed by atoms with Gasteiger partial charge in [-0.25, -0.2) is 0 Å².